The SMILES string of the molecule is O=C(NCc1cccc(CNC(=O)Oc2cccc(Br)c2)c1)Oc1cccc(Br)c1. The Morgan fingerprint density at radius 1 is 0.667 bits per heavy atom. The normalized spacial score (nSPS) is 10.2. The molecule has 154 valence electrons. The first-order valence-corrected chi connectivity index (χ1v) is 10.6. The average Bonchev–Trinajstić information content (AvgIpc) is 2.71. The molecule has 0 bridgehead atoms. The standard InChI is InChI=1S/C22H18Br2N2O4/c23-17-6-2-8-19(11-17)29-21(27)25-13-15-4-1-5-16(10-15)14-26-22(28)30-20-9-3-7-18(24)12-20/h1-12H,13-14H2,(H,25,27)(H,26,28). The summed E-state index contributed by atoms with van der Waals surface area (Å²) < 4.78 is 12.1. The molecular weight excluding hydrogens is 516 g/mol. The number of carbonyl (C=O) groups is 2. The second-order valence-corrected chi connectivity index (χ2v) is 8.05. The monoisotopic (exact) mass is 532 g/mol. The Morgan fingerprint density at radius 2 is 1.10 bits per heavy atom. The van der Waals surface area contributed by atoms with Gasteiger partial charge in [-0.25, -0.2) is 9.59 Å². The van der Waals surface area contributed by atoms with Gasteiger partial charge in [-0.3, -0.25) is 0 Å². The summed E-state index contributed by atoms with van der Waals surface area (Å²) in [4.78, 5) is 23.9. The van der Waals surface area contributed by atoms with Gasteiger partial charge in [-0.05, 0) is 47.5 Å². The summed E-state index contributed by atoms with van der Waals surface area (Å²) in [7, 11) is 0. The fourth-order valence-electron chi connectivity index (χ4n) is 2.55. The minimum atomic E-state index is -0.547. The van der Waals surface area contributed by atoms with Crippen molar-refractivity contribution in [3.05, 3.63) is 92.9 Å². The minimum Gasteiger partial charge on any atom is -0.410 e. The Bertz CT molecular complexity index is 964. The van der Waals surface area contributed by atoms with Crippen molar-refractivity contribution in [1.82, 2.24) is 10.6 Å². The molecule has 0 saturated heterocycles. The van der Waals surface area contributed by atoms with Gasteiger partial charge < -0.3 is 20.1 Å². The second kappa shape index (κ2) is 10.8. The maximum absolute atomic E-state index is 12.0. The van der Waals surface area contributed by atoms with Crippen molar-refractivity contribution >= 4 is 44.0 Å². The second-order valence-electron chi connectivity index (χ2n) is 6.22. The van der Waals surface area contributed by atoms with Gasteiger partial charge in [0.2, 0.25) is 0 Å². The van der Waals surface area contributed by atoms with Crippen LogP contribution in [0.25, 0.3) is 0 Å². The van der Waals surface area contributed by atoms with E-state index in [1.54, 1.807) is 36.4 Å². The zero-order chi connectivity index (χ0) is 21.3. The predicted molar refractivity (Wildman–Crippen MR) is 120 cm³/mol. The first-order valence-electron chi connectivity index (χ1n) is 8.98. The fraction of sp³-hybridized carbons (Fsp3) is 0.0909. The smallest absolute Gasteiger partial charge is 0.410 e. The number of hydrogen-bond acceptors (Lipinski definition) is 4. The molecule has 30 heavy (non-hydrogen) atoms. The lowest BCUT2D eigenvalue weighted by Crippen LogP contribution is -2.27. The lowest BCUT2D eigenvalue weighted by molar-refractivity contribution is 0.199. The molecule has 3 aromatic carbocycles. The van der Waals surface area contributed by atoms with Gasteiger partial charge in [0.1, 0.15) is 11.5 Å². The third kappa shape index (κ3) is 7.20. The highest BCUT2D eigenvalue weighted by molar-refractivity contribution is 9.10. The summed E-state index contributed by atoms with van der Waals surface area (Å²) >= 11 is 6.66. The van der Waals surface area contributed by atoms with Crippen molar-refractivity contribution in [1.29, 1.82) is 0 Å². The maximum Gasteiger partial charge on any atom is 0.412 e. The molecule has 2 amide bonds. The van der Waals surface area contributed by atoms with Crippen LogP contribution in [-0.4, -0.2) is 12.2 Å². The van der Waals surface area contributed by atoms with Crippen LogP contribution in [0, 0.1) is 0 Å². The fourth-order valence-corrected chi connectivity index (χ4v) is 3.30. The van der Waals surface area contributed by atoms with E-state index in [2.05, 4.69) is 42.5 Å². The topological polar surface area (TPSA) is 76.7 Å². The van der Waals surface area contributed by atoms with Crippen molar-refractivity contribution in [2.75, 3.05) is 0 Å². The quantitative estimate of drug-likeness (QED) is 0.420. The Morgan fingerprint density at radius 3 is 1.53 bits per heavy atom. The summed E-state index contributed by atoms with van der Waals surface area (Å²) in [5.74, 6) is 0.896. The minimum absolute atomic E-state index is 0.295. The van der Waals surface area contributed by atoms with Crippen LogP contribution in [0.5, 0.6) is 11.5 Å². The molecule has 6 nitrogen and oxygen atoms in total. The summed E-state index contributed by atoms with van der Waals surface area (Å²) in [6.45, 7) is 0.590. The van der Waals surface area contributed by atoms with E-state index in [0.29, 0.717) is 24.6 Å². The van der Waals surface area contributed by atoms with E-state index in [9.17, 15) is 9.59 Å². The molecule has 8 heteroatoms. The summed E-state index contributed by atoms with van der Waals surface area (Å²) in [6.07, 6.45) is -1.09. The summed E-state index contributed by atoms with van der Waals surface area (Å²) in [5.41, 5.74) is 1.75. The molecule has 0 aliphatic carbocycles. The predicted octanol–water partition coefficient (Wildman–Crippen LogP) is 5.79. The van der Waals surface area contributed by atoms with Crippen LogP contribution in [0.4, 0.5) is 9.59 Å². The molecule has 0 spiro atoms. The highest BCUT2D eigenvalue weighted by Crippen LogP contribution is 2.18. The van der Waals surface area contributed by atoms with Gasteiger partial charge in [0.05, 0.1) is 0 Å². The maximum atomic E-state index is 12.0. The summed E-state index contributed by atoms with van der Waals surface area (Å²) in [6, 6.07) is 21.6. The van der Waals surface area contributed by atoms with Crippen LogP contribution in [0.3, 0.4) is 0 Å². The van der Waals surface area contributed by atoms with Crippen molar-refractivity contribution in [3.8, 4) is 11.5 Å². The third-order valence-electron chi connectivity index (χ3n) is 3.88. The molecule has 0 radical (unpaired) electrons. The van der Waals surface area contributed by atoms with Gasteiger partial charge in [-0.15, -0.1) is 0 Å². The van der Waals surface area contributed by atoms with Crippen LogP contribution < -0.4 is 20.1 Å². The molecule has 0 unspecified atom stereocenters. The molecule has 0 saturated carbocycles. The van der Waals surface area contributed by atoms with Crippen LogP contribution in [-0.2, 0) is 13.1 Å². The molecule has 0 fully saturated rings. The van der Waals surface area contributed by atoms with E-state index < -0.39 is 12.2 Å². The summed E-state index contributed by atoms with van der Waals surface area (Å²) in [5, 5.41) is 5.41. The number of hydrogen-bond donors (Lipinski definition) is 2. The number of nitrogens with one attached hydrogen (secondary N) is 2. The van der Waals surface area contributed by atoms with E-state index in [0.717, 1.165) is 20.1 Å². The van der Waals surface area contributed by atoms with Gasteiger partial charge in [0.15, 0.2) is 0 Å². The van der Waals surface area contributed by atoms with Crippen LogP contribution in [0.15, 0.2) is 81.7 Å². The first-order chi connectivity index (χ1) is 14.5. The van der Waals surface area contributed by atoms with E-state index in [1.165, 1.54) is 0 Å². The molecule has 0 aliphatic rings. The molecule has 2 N–H and O–H groups in total. The van der Waals surface area contributed by atoms with Crippen LogP contribution in [0.2, 0.25) is 0 Å². The number of ether oxygens (including phenoxy) is 2. The van der Waals surface area contributed by atoms with Crippen molar-refractivity contribution in [2.45, 2.75) is 13.1 Å². The van der Waals surface area contributed by atoms with Gasteiger partial charge in [0, 0.05) is 22.0 Å². The number of carbonyl (C=O) groups excluding carboxylic acids is 2. The van der Waals surface area contributed by atoms with Gasteiger partial charge in [-0.2, -0.15) is 0 Å². The van der Waals surface area contributed by atoms with E-state index in [1.807, 2.05) is 36.4 Å². The Hall–Kier alpha value is -2.84. The van der Waals surface area contributed by atoms with Crippen LogP contribution >= 0.6 is 31.9 Å². The van der Waals surface area contributed by atoms with E-state index in [-0.39, 0.29) is 0 Å². The molecule has 3 rings (SSSR count). The molecular formula is C22H18Br2N2O4. The number of amides is 2. The third-order valence-corrected chi connectivity index (χ3v) is 4.86. The number of benzene rings is 3. The first kappa shape index (κ1) is 21.9. The molecule has 3 aromatic rings. The molecule has 0 atom stereocenters. The Balaban J connectivity index is 1.47. The van der Waals surface area contributed by atoms with Crippen molar-refractivity contribution in [3.63, 3.8) is 0 Å². The highest BCUT2D eigenvalue weighted by atomic mass is 79.9. The van der Waals surface area contributed by atoms with Gasteiger partial charge in [-0.1, -0.05) is 68.3 Å². The zero-order valence-corrected chi connectivity index (χ0v) is 18.9. The Labute approximate surface area is 190 Å². The highest BCUT2D eigenvalue weighted by Gasteiger charge is 2.07. The van der Waals surface area contributed by atoms with Gasteiger partial charge in [0.25, 0.3) is 0 Å². The van der Waals surface area contributed by atoms with Crippen molar-refractivity contribution in [2.24, 2.45) is 0 Å². The molecule has 0 heterocycles. The molecule has 0 aliphatic heterocycles. The largest absolute Gasteiger partial charge is 0.412 e. The Kier molecular flexibility index (Phi) is 7.87. The zero-order valence-electron chi connectivity index (χ0n) is 15.7. The number of halogens is 2. The van der Waals surface area contributed by atoms with E-state index >= 15 is 0 Å². The lowest BCUT2D eigenvalue weighted by atomic mass is 10.1. The lowest BCUT2D eigenvalue weighted by Gasteiger charge is -2.10. The van der Waals surface area contributed by atoms with Gasteiger partial charge >= 0.3 is 12.2 Å². The average molecular weight is 534 g/mol. The number of rotatable bonds is 6. The van der Waals surface area contributed by atoms with Crippen molar-refractivity contribution < 1.29 is 19.1 Å². The van der Waals surface area contributed by atoms with E-state index in [4.69, 9.17) is 9.47 Å². The van der Waals surface area contributed by atoms with Crippen LogP contribution in [0.1, 0.15) is 11.1 Å². The molecule has 0 aromatic heterocycles.